The average molecular weight is 298 g/mol. The number of aryl methyl sites for hydroxylation is 4. The standard InChI is InChI=1S/C17H18N2OS/c1-10-6-7-11(2)15(8-10)20-17-13(16(18)21)9-12-4-3-5-14(12)19-17/h6-9H,3-5H2,1-2H3,(H2,18,21). The van der Waals surface area contributed by atoms with Crippen molar-refractivity contribution in [1.29, 1.82) is 0 Å². The van der Waals surface area contributed by atoms with Crippen LogP contribution in [0.2, 0.25) is 0 Å². The van der Waals surface area contributed by atoms with Crippen molar-refractivity contribution in [3.8, 4) is 11.6 Å². The van der Waals surface area contributed by atoms with Gasteiger partial charge in [-0.05, 0) is 61.9 Å². The Balaban J connectivity index is 2.05. The molecule has 1 aromatic heterocycles. The molecule has 3 nitrogen and oxygen atoms in total. The molecule has 0 amide bonds. The summed E-state index contributed by atoms with van der Waals surface area (Å²) in [7, 11) is 0. The lowest BCUT2D eigenvalue weighted by Crippen LogP contribution is -2.13. The Hall–Kier alpha value is -1.94. The van der Waals surface area contributed by atoms with E-state index in [1.807, 2.05) is 32.0 Å². The second kappa shape index (κ2) is 5.45. The first kappa shape index (κ1) is 14.0. The van der Waals surface area contributed by atoms with Gasteiger partial charge in [-0.2, -0.15) is 0 Å². The van der Waals surface area contributed by atoms with E-state index in [1.165, 1.54) is 5.56 Å². The molecule has 0 saturated carbocycles. The van der Waals surface area contributed by atoms with E-state index in [0.717, 1.165) is 47.4 Å². The van der Waals surface area contributed by atoms with Crippen molar-refractivity contribution in [2.45, 2.75) is 33.1 Å². The number of fused-ring (bicyclic) bond motifs is 1. The molecule has 1 aliphatic rings. The molecule has 1 aromatic carbocycles. The zero-order chi connectivity index (χ0) is 15.0. The van der Waals surface area contributed by atoms with Crippen molar-refractivity contribution in [3.05, 3.63) is 52.2 Å². The summed E-state index contributed by atoms with van der Waals surface area (Å²) in [6.45, 7) is 4.06. The van der Waals surface area contributed by atoms with Crippen molar-refractivity contribution in [1.82, 2.24) is 4.98 Å². The van der Waals surface area contributed by atoms with Crippen molar-refractivity contribution in [2.75, 3.05) is 0 Å². The quantitative estimate of drug-likeness (QED) is 0.879. The van der Waals surface area contributed by atoms with E-state index < -0.39 is 0 Å². The third-order valence-electron chi connectivity index (χ3n) is 3.83. The van der Waals surface area contributed by atoms with E-state index in [-0.39, 0.29) is 0 Å². The molecule has 1 aliphatic carbocycles. The molecule has 1 heterocycles. The zero-order valence-electron chi connectivity index (χ0n) is 12.3. The van der Waals surface area contributed by atoms with Crippen LogP contribution in [0.4, 0.5) is 0 Å². The summed E-state index contributed by atoms with van der Waals surface area (Å²) in [4.78, 5) is 4.98. The number of hydrogen-bond acceptors (Lipinski definition) is 3. The topological polar surface area (TPSA) is 48.1 Å². The summed E-state index contributed by atoms with van der Waals surface area (Å²) in [6.07, 6.45) is 3.17. The Morgan fingerprint density at radius 1 is 1.24 bits per heavy atom. The number of hydrogen-bond donors (Lipinski definition) is 1. The third-order valence-corrected chi connectivity index (χ3v) is 4.05. The van der Waals surface area contributed by atoms with Gasteiger partial charge in [0.05, 0.1) is 5.56 Å². The fourth-order valence-electron chi connectivity index (χ4n) is 2.63. The van der Waals surface area contributed by atoms with Crippen molar-refractivity contribution in [2.24, 2.45) is 5.73 Å². The van der Waals surface area contributed by atoms with Gasteiger partial charge in [0.1, 0.15) is 10.7 Å². The van der Waals surface area contributed by atoms with Crippen LogP contribution in [0.5, 0.6) is 11.6 Å². The largest absolute Gasteiger partial charge is 0.438 e. The lowest BCUT2D eigenvalue weighted by molar-refractivity contribution is 0.456. The van der Waals surface area contributed by atoms with Crippen molar-refractivity contribution in [3.63, 3.8) is 0 Å². The fourth-order valence-corrected chi connectivity index (χ4v) is 2.78. The number of nitrogens with zero attached hydrogens (tertiary/aromatic N) is 1. The number of nitrogens with two attached hydrogens (primary N) is 1. The average Bonchev–Trinajstić information content (AvgIpc) is 2.89. The van der Waals surface area contributed by atoms with Crippen LogP contribution in [0.3, 0.4) is 0 Å². The summed E-state index contributed by atoms with van der Waals surface area (Å²) >= 11 is 5.15. The van der Waals surface area contributed by atoms with Gasteiger partial charge in [0.2, 0.25) is 5.88 Å². The molecule has 0 unspecified atom stereocenters. The smallest absolute Gasteiger partial charge is 0.229 e. The predicted octanol–water partition coefficient (Wildman–Crippen LogP) is 3.61. The summed E-state index contributed by atoms with van der Waals surface area (Å²) in [5.74, 6) is 1.33. The Bertz CT molecular complexity index is 725. The molecule has 21 heavy (non-hydrogen) atoms. The maximum absolute atomic E-state index is 6.03. The van der Waals surface area contributed by atoms with Crippen LogP contribution in [0, 0.1) is 13.8 Å². The summed E-state index contributed by atoms with van der Waals surface area (Å²) in [5.41, 5.74) is 11.1. The van der Waals surface area contributed by atoms with Crippen LogP contribution < -0.4 is 10.5 Å². The highest BCUT2D eigenvalue weighted by atomic mass is 32.1. The molecule has 3 rings (SSSR count). The first-order valence-corrected chi connectivity index (χ1v) is 7.53. The van der Waals surface area contributed by atoms with Gasteiger partial charge < -0.3 is 10.5 Å². The van der Waals surface area contributed by atoms with Gasteiger partial charge in [-0.15, -0.1) is 0 Å². The Morgan fingerprint density at radius 2 is 2.05 bits per heavy atom. The molecular formula is C17H18N2OS. The molecule has 4 heteroatoms. The molecular weight excluding hydrogens is 280 g/mol. The van der Waals surface area contributed by atoms with Crippen LogP contribution >= 0.6 is 12.2 Å². The minimum absolute atomic E-state index is 0.331. The van der Waals surface area contributed by atoms with Gasteiger partial charge in [0.25, 0.3) is 0 Å². The SMILES string of the molecule is Cc1ccc(C)c(Oc2nc3c(cc2C(N)=S)CCC3)c1. The number of ether oxygens (including phenoxy) is 1. The van der Waals surface area contributed by atoms with E-state index in [4.69, 9.17) is 22.7 Å². The molecule has 0 saturated heterocycles. The zero-order valence-corrected chi connectivity index (χ0v) is 13.1. The number of thiocarbonyl (C=S) groups is 1. The van der Waals surface area contributed by atoms with Gasteiger partial charge in [0.15, 0.2) is 0 Å². The Kier molecular flexibility index (Phi) is 3.64. The molecule has 2 N–H and O–H groups in total. The highest BCUT2D eigenvalue weighted by Gasteiger charge is 2.19. The Morgan fingerprint density at radius 3 is 2.81 bits per heavy atom. The highest BCUT2D eigenvalue weighted by Crippen LogP contribution is 2.31. The minimum Gasteiger partial charge on any atom is -0.438 e. The first-order chi connectivity index (χ1) is 10.0. The summed E-state index contributed by atoms with van der Waals surface area (Å²) < 4.78 is 6.03. The molecule has 0 bridgehead atoms. The summed E-state index contributed by atoms with van der Waals surface area (Å²) in [6, 6.07) is 8.15. The van der Waals surface area contributed by atoms with Crippen LogP contribution in [0.15, 0.2) is 24.3 Å². The van der Waals surface area contributed by atoms with E-state index >= 15 is 0 Å². The molecule has 0 radical (unpaired) electrons. The number of rotatable bonds is 3. The van der Waals surface area contributed by atoms with Crippen LogP contribution in [-0.4, -0.2) is 9.97 Å². The number of aromatic nitrogens is 1. The minimum atomic E-state index is 0.331. The van der Waals surface area contributed by atoms with E-state index in [2.05, 4.69) is 11.1 Å². The molecule has 0 fully saturated rings. The maximum Gasteiger partial charge on any atom is 0.229 e. The van der Waals surface area contributed by atoms with E-state index in [1.54, 1.807) is 0 Å². The van der Waals surface area contributed by atoms with Gasteiger partial charge >= 0.3 is 0 Å². The van der Waals surface area contributed by atoms with Crippen LogP contribution in [0.1, 0.15) is 34.4 Å². The number of pyridine rings is 1. The normalized spacial score (nSPS) is 13.0. The van der Waals surface area contributed by atoms with Crippen molar-refractivity contribution < 1.29 is 4.74 Å². The van der Waals surface area contributed by atoms with Crippen LogP contribution in [0.25, 0.3) is 0 Å². The lowest BCUT2D eigenvalue weighted by Gasteiger charge is -2.13. The highest BCUT2D eigenvalue weighted by molar-refractivity contribution is 7.80. The van der Waals surface area contributed by atoms with Gasteiger partial charge in [-0.1, -0.05) is 24.4 Å². The summed E-state index contributed by atoms with van der Waals surface area (Å²) in [5, 5.41) is 0. The van der Waals surface area contributed by atoms with E-state index in [9.17, 15) is 0 Å². The monoisotopic (exact) mass is 298 g/mol. The van der Waals surface area contributed by atoms with Crippen LogP contribution in [-0.2, 0) is 12.8 Å². The lowest BCUT2D eigenvalue weighted by atomic mass is 10.1. The van der Waals surface area contributed by atoms with Gasteiger partial charge in [0, 0.05) is 5.69 Å². The van der Waals surface area contributed by atoms with Gasteiger partial charge in [-0.3, -0.25) is 0 Å². The maximum atomic E-state index is 6.03. The predicted molar refractivity (Wildman–Crippen MR) is 88.1 cm³/mol. The molecule has 2 aromatic rings. The molecule has 0 spiro atoms. The van der Waals surface area contributed by atoms with Crippen molar-refractivity contribution >= 4 is 17.2 Å². The molecule has 0 aliphatic heterocycles. The number of benzene rings is 1. The van der Waals surface area contributed by atoms with E-state index in [0.29, 0.717) is 10.9 Å². The molecule has 108 valence electrons. The first-order valence-electron chi connectivity index (χ1n) is 7.12. The Labute approximate surface area is 130 Å². The molecule has 0 atom stereocenters. The third kappa shape index (κ3) is 2.76. The van der Waals surface area contributed by atoms with Gasteiger partial charge in [-0.25, -0.2) is 4.98 Å². The second-order valence-corrected chi connectivity index (χ2v) is 5.98. The fraction of sp³-hybridized carbons (Fsp3) is 0.294. The second-order valence-electron chi connectivity index (χ2n) is 5.54.